The third kappa shape index (κ3) is 2.84. The molecular formula is C14H14F2N2O2. The summed E-state index contributed by atoms with van der Waals surface area (Å²) in [6.07, 6.45) is 3.09. The fourth-order valence-electron chi connectivity index (χ4n) is 1.89. The van der Waals surface area contributed by atoms with Gasteiger partial charge in [-0.15, -0.1) is 0 Å². The van der Waals surface area contributed by atoms with Crippen LogP contribution in [0, 0.1) is 11.6 Å². The van der Waals surface area contributed by atoms with E-state index in [9.17, 15) is 13.6 Å². The van der Waals surface area contributed by atoms with Gasteiger partial charge in [0.05, 0.1) is 0 Å². The lowest BCUT2D eigenvalue weighted by Gasteiger charge is -2.01. The van der Waals surface area contributed by atoms with Gasteiger partial charge in [0.15, 0.2) is 0 Å². The molecule has 0 bridgehead atoms. The first kappa shape index (κ1) is 14.2. The number of carboxylic acids is 1. The van der Waals surface area contributed by atoms with Crippen LogP contribution in [0.4, 0.5) is 8.78 Å². The van der Waals surface area contributed by atoms with Gasteiger partial charge in [-0.2, -0.15) is 5.10 Å². The quantitative estimate of drug-likeness (QED) is 0.914. The average molecular weight is 280 g/mol. The number of unbranched alkanes of at least 4 members (excludes halogenated alkanes) is 1. The highest BCUT2D eigenvalue weighted by molar-refractivity contribution is 5.94. The standard InChI is InChI=1S/C14H14F2N2O2/c1-2-3-6-18-8-11(14(19)20)13(17-18)10-7-9(15)4-5-12(10)16/h4-5,7-8H,2-3,6H2,1H3,(H,19,20). The molecule has 0 aliphatic rings. The summed E-state index contributed by atoms with van der Waals surface area (Å²) in [5.41, 5.74) is -0.325. The third-order valence-corrected chi connectivity index (χ3v) is 2.92. The minimum absolute atomic E-state index is 0.0504. The van der Waals surface area contributed by atoms with E-state index >= 15 is 0 Å². The molecule has 20 heavy (non-hydrogen) atoms. The van der Waals surface area contributed by atoms with Crippen LogP contribution in [0.2, 0.25) is 0 Å². The molecule has 0 radical (unpaired) electrons. The highest BCUT2D eigenvalue weighted by Gasteiger charge is 2.20. The number of carboxylic acid groups (broad SMARTS) is 1. The zero-order valence-corrected chi connectivity index (χ0v) is 10.9. The Kier molecular flexibility index (Phi) is 4.12. The molecule has 0 saturated heterocycles. The van der Waals surface area contributed by atoms with Crippen LogP contribution in [-0.4, -0.2) is 20.9 Å². The second-order valence-electron chi connectivity index (χ2n) is 4.44. The van der Waals surface area contributed by atoms with E-state index in [1.165, 1.54) is 10.9 Å². The van der Waals surface area contributed by atoms with E-state index in [-0.39, 0.29) is 16.8 Å². The average Bonchev–Trinajstić information content (AvgIpc) is 2.83. The minimum Gasteiger partial charge on any atom is -0.478 e. The molecule has 2 aromatic rings. The molecule has 1 aromatic heterocycles. The molecule has 4 nitrogen and oxygen atoms in total. The molecule has 0 aliphatic heterocycles. The molecule has 1 heterocycles. The Labute approximate surface area is 114 Å². The maximum absolute atomic E-state index is 13.8. The number of carbonyl (C=O) groups is 1. The number of hydrogen-bond donors (Lipinski definition) is 1. The number of aromatic nitrogens is 2. The lowest BCUT2D eigenvalue weighted by molar-refractivity contribution is 0.0697. The molecule has 106 valence electrons. The molecule has 0 amide bonds. The van der Waals surface area contributed by atoms with Crippen LogP contribution in [-0.2, 0) is 6.54 Å². The van der Waals surface area contributed by atoms with Gasteiger partial charge in [-0.25, -0.2) is 13.6 Å². The SMILES string of the molecule is CCCCn1cc(C(=O)O)c(-c2cc(F)ccc2F)n1. The van der Waals surface area contributed by atoms with Crippen LogP contribution in [0.1, 0.15) is 30.1 Å². The second kappa shape index (κ2) is 5.81. The van der Waals surface area contributed by atoms with E-state index in [0.29, 0.717) is 6.54 Å². The van der Waals surface area contributed by atoms with E-state index in [4.69, 9.17) is 5.11 Å². The van der Waals surface area contributed by atoms with Gasteiger partial charge in [0.1, 0.15) is 22.9 Å². The van der Waals surface area contributed by atoms with Crippen LogP contribution in [0.25, 0.3) is 11.3 Å². The number of halogens is 2. The summed E-state index contributed by atoms with van der Waals surface area (Å²) in [4.78, 5) is 11.2. The molecule has 1 aromatic carbocycles. The molecule has 0 fully saturated rings. The lowest BCUT2D eigenvalue weighted by Crippen LogP contribution is -1.98. The Morgan fingerprint density at radius 3 is 2.80 bits per heavy atom. The predicted molar refractivity (Wildman–Crippen MR) is 69.4 cm³/mol. The molecule has 0 aliphatic carbocycles. The number of rotatable bonds is 5. The van der Waals surface area contributed by atoms with Crippen LogP contribution >= 0.6 is 0 Å². The van der Waals surface area contributed by atoms with Crippen molar-refractivity contribution in [3.63, 3.8) is 0 Å². The molecule has 2 rings (SSSR count). The van der Waals surface area contributed by atoms with Crippen molar-refractivity contribution in [2.24, 2.45) is 0 Å². The number of aryl methyl sites for hydroxylation is 1. The Morgan fingerprint density at radius 2 is 2.15 bits per heavy atom. The summed E-state index contributed by atoms with van der Waals surface area (Å²) in [6.45, 7) is 2.53. The number of hydrogen-bond acceptors (Lipinski definition) is 2. The first-order valence-electron chi connectivity index (χ1n) is 6.29. The smallest absolute Gasteiger partial charge is 0.339 e. The van der Waals surface area contributed by atoms with Crippen molar-refractivity contribution >= 4 is 5.97 Å². The van der Waals surface area contributed by atoms with Gasteiger partial charge in [-0.05, 0) is 24.6 Å². The van der Waals surface area contributed by atoms with Gasteiger partial charge in [-0.1, -0.05) is 13.3 Å². The zero-order valence-electron chi connectivity index (χ0n) is 10.9. The molecule has 1 N–H and O–H groups in total. The second-order valence-corrected chi connectivity index (χ2v) is 4.44. The number of aromatic carboxylic acids is 1. The van der Waals surface area contributed by atoms with E-state index in [1.54, 1.807) is 0 Å². The van der Waals surface area contributed by atoms with Gasteiger partial charge >= 0.3 is 5.97 Å². The lowest BCUT2D eigenvalue weighted by atomic mass is 10.1. The Bertz CT molecular complexity index is 638. The van der Waals surface area contributed by atoms with Crippen molar-refractivity contribution in [2.75, 3.05) is 0 Å². The van der Waals surface area contributed by atoms with Crippen molar-refractivity contribution in [1.29, 1.82) is 0 Å². The monoisotopic (exact) mass is 280 g/mol. The van der Waals surface area contributed by atoms with E-state index in [0.717, 1.165) is 31.0 Å². The van der Waals surface area contributed by atoms with Crippen LogP contribution < -0.4 is 0 Å². The molecule has 0 atom stereocenters. The van der Waals surface area contributed by atoms with Gasteiger partial charge in [0.2, 0.25) is 0 Å². The van der Waals surface area contributed by atoms with Crippen molar-refractivity contribution in [3.8, 4) is 11.3 Å². The summed E-state index contributed by atoms with van der Waals surface area (Å²) < 4.78 is 28.4. The van der Waals surface area contributed by atoms with Crippen LogP contribution in [0.15, 0.2) is 24.4 Å². The molecular weight excluding hydrogens is 266 g/mol. The molecule has 6 heteroatoms. The van der Waals surface area contributed by atoms with Gasteiger partial charge in [-0.3, -0.25) is 4.68 Å². The molecule has 0 spiro atoms. The van der Waals surface area contributed by atoms with Crippen molar-refractivity contribution in [1.82, 2.24) is 9.78 Å². The fraction of sp³-hybridized carbons (Fsp3) is 0.286. The third-order valence-electron chi connectivity index (χ3n) is 2.92. The van der Waals surface area contributed by atoms with Gasteiger partial charge < -0.3 is 5.11 Å². The first-order chi connectivity index (χ1) is 9.52. The van der Waals surface area contributed by atoms with Crippen LogP contribution in [0.3, 0.4) is 0 Å². The number of benzene rings is 1. The van der Waals surface area contributed by atoms with Gasteiger partial charge in [0.25, 0.3) is 0 Å². The first-order valence-corrected chi connectivity index (χ1v) is 6.29. The van der Waals surface area contributed by atoms with E-state index in [2.05, 4.69) is 5.10 Å². The summed E-state index contributed by atoms with van der Waals surface area (Å²) in [6, 6.07) is 2.89. The van der Waals surface area contributed by atoms with Crippen molar-refractivity contribution < 1.29 is 18.7 Å². The zero-order chi connectivity index (χ0) is 14.7. The van der Waals surface area contributed by atoms with Gasteiger partial charge in [0, 0.05) is 18.3 Å². The maximum Gasteiger partial charge on any atom is 0.339 e. The fourth-order valence-corrected chi connectivity index (χ4v) is 1.89. The Morgan fingerprint density at radius 1 is 1.40 bits per heavy atom. The summed E-state index contributed by atoms with van der Waals surface area (Å²) >= 11 is 0. The summed E-state index contributed by atoms with van der Waals surface area (Å²) in [5.74, 6) is -2.55. The predicted octanol–water partition coefficient (Wildman–Crippen LogP) is 3.33. The molecule has 0 saturated carbocycles. The Hall–Kier alpha value is -2.24. The topological polar surface area (TPSA) is 55.1 Å². The van der Waals surface area contributed by atoms with E-state index < -0.39 is 17.6 Å². The van der Waals surface area contributed by atoms with Crippen LogP contribution in [0.5, 0.6) is 0 Å². The van der Waals surface area contributed by atoms with Crippen molar-refractivity contribution in [3.05, 3.63) is 41.6 Å². The highest BCUT2D eigenvalue weighted by Crippen LogP contribution is 2.26. The Balaban J connectivity index is 2.51. The maximum atomic E-state index is 13.8. The summed E-state index contributed by atoms with van der Waals surface area (Å²) in [5, 5.41) is 13.2. The normalized spacial score (nSPS) is 10.8. The largest absolute Gasteiger partial charge is 0.478 e. The highest BCUT2D eigenvalue weighted by atomic mass is 19.1. The summed E-state index contributed by atoms with van der Waals surface area (Å²) in [7, 11) is 0. The minimum atomic E-state index is -1.22. The number of nitrogens with zero attached hydrogens (tertiary/aromatic N) is 2. The molecule has 0 unspecified atom stereocenters. The van der Waals surface area contributed by atoms with E-state index in [1.807, 2.05) is 6.92 Å². The van der Waals surface area contributed by atoms with Crippen molar-refractivity contribution in [2.45, 2.75) is 26.3 Å².